The summed E-state index contributed by atoms with van der Waals surface area (Å²) < 4.78 is 38.7. The average molecular weight is 346 g/mol. The molecule has 1 heterocycles. The molecule has 0 aliphatic heterocycles. The molecular formula is C14H13F3N2O3S. The summed E-state index contributed by atoms with van der Waals surface area (Å²) in [6.45, 7) is 1.48. The van der Waals surface area contributed by atoms with E-state index in [2.05, 4.69) is 5.32 Å². The van der Waals surface area contributed by atoms with Gasteiger partial charge in [-0.25, -0.2) is 0 Å². The fraction of sp³-hybridized carbons (Fsp3) is 0.286. The van der Waals surface area contributed by atoms with E-state index in [0.29, 0.717) is 11.6 Å². The predicted molar refractivity (Wildman–Crippen MR) is 80.5 cm³/mol. The number of anilines is 1. The Morgan fingerprint density at radius 1 is 1.35 bits per heavy atom. The van der Waals surface area contributed by atoms with Crippen LogP contribution in [0, 0.1) is 10.1 Å². The SMILES string of the molecule is CC(O)(CNc1ccc([N+](=O)[O-])c(C(F)(F)F)c1)c1ccsc1. The van der Waals surface area contributed by atoms with Crippen LogP contribution in [0.25, 0.3) is 0 Å². The molecule has 124 valence electrons. The minimum Gasteiger partial charge on any atom is -0.384 e. The van der Waals surface area contributed by atoms with Crippen molar-refractivity contribution in [3.05, 3.63) is 56.3 Å². The molecule has 0 aliphatic rings. The van der Waals surface area contributed by atoms with Gasteiger partial charge in [0.25, 0.3) is 5.69 Å². The number of aliphatic hydroxyl groups is 1. The Morgan fingerprint density at radius 3 is 2.57 bits per heavy atom. The van der Waals surface area contributed by atoms with Gasteiger partial charge in [0.15, 0.2) is 0 Å². The van der Waals surface area contributed by atoms with Crippen LogP contribution in [0.2, 0.25) is 0 Å². The Bertz CT molecular complexity index is 700. The molecule has 23 heavy (non-hydrogen) atoms. The zero-order valence-electron chi connectivity index (χ0n) is 11.9. The number of hydrogen-bond donors (Lipinski definition) is 2. The van der Waals surface area contributed by atoms with Gasteiger partial charge in [-0.2, -0.15) is 24.5 Å². The first kappa shape index (κ1) is 17.2. The molecule has 1 aromatic heterocycles. The van der Waals surface area contributed by atoms with Crippen LogP contribution in [0.4, 0.5) is 24.5 Å². The number of hydrogen-bond acceptors (Lipinski definition) is 5. The molecule has 0 fully saturated rings. The highest BCUT2D eigenvalue weighted by Crippen LogP contribution is 2.37. The van der Waals surface area contributed by atoms with Gasteiger partial charge in [-0.15, -0.1) is 0 Å². The molecule has 2 N–H and O–H groups in total. The van der Waals surface area contributed by atoms with Crippen molar-refractivity contribution in [3.63, 3.8) is 0 Å². The average Bonchev–Trinajstić information content (AvgIpc) is 2.99. The van der Waals surface area contributed by atoms with Gasteiger partial charge in [0.1, 0.15) is 11.2 Å². The number of rotatable bonds is 5. The number of nitro benzene ring substituents is 1. The molecule has 1 atom stereocenters. The van der Waals surface area contributed by atoms with Crippen molar-refractivity contribution in [1.29, 1.82) is 0 Å². The van der Waals surface area contributed by atoms with Crippen LogP contribution in [0.1, 0.15) is 18.1 Å². The summed E-state index contributed by atoms with van der Waals surface area (Å²) >= 11 is 1.39. The second-order valence-electron chi connectivity index (χ2n) is 5.13. The Kier molecular flexibility index (Phi) is 4.62. The fourth-order valence-corrected chi connectivity index (χ4v) is 2.76. The van der Waals surface area contributed by atoms with Gasteiger partial charge in [0.2, 0.25) is 0 Å². The zero-order chi connectivity index (χ0) is 17.3. The highest BCUT2D eigenvalue weighted by atomic mass is 32.1. The van der Waals surface area contributed by atoms with Gasteiger partial charge < -0.3 is 10.4 Å². The molecule has 0 saturated heterocycles. The summed E-state index contributed by atoms with van der Waals surface area (Å²) in [5.41, 5.74) is -2.94. The lowest BCUT2D eigenvalue weighted by molar-refractivity contribution is -0.388. The molecular weight excluding hydrogens is 333 g/mol. The summed E-state index contributed by atoms with van der Waals surface area (Å²) in [4.78, 5) is 9.62. The second kappa shape index (κ2) is 6.17. The van der Waals surface area contributed by atoms with E-state index < -0.39 is 28.0 Å². The van der Waals surface area contributed by atoms with Crippen molar-refractivity contribution in [1.82, 2.24) is 0 Å². The monoisotopic (exact) mass is 346 g/mol. The number of halogens is 3. The first-order valence-electron chi connectivity index (χ1n) is 6.46. The quantitative estimate of drug-likeness (QED) is 0.634. The lowest BCUT2D eigenvalue weighted by Gasteiger charge is -2.23. The van der Waals surface area contributed by atoms with Gasteiger partial charge >= 0.3 is 6.18 Å². The van der Waals surface area contributed by atoms with Gasteiger partial charge in [0.05, 0.1) is 4.92 Å². The van der Waals surface area contributed by atoms with E-state index in [0.717, 1.165) is 6.07 Å². The Morgan fingerprint density at radius 2 is 2.04 bits per heavy atom. The molecule has 2 aromatic rings. The maximum Gasteiger partial charge on any atom is 0.423 e. The van der Waals surface area contributed by atoms with Gasteiger partial charge in [-0.05, 0) is 41.4 Å². The molecule has 2 rings (SSSR count). The molecule has 1 aromatic carbocycles. The standard InChI is InChI=1S/C14H13F3N2O3S/c1-13(20,9-4-5-23-7-9)8-18-10-2-3-12(19(21)22)11(6-10)14(15,16)17/h2-7,18,20H,8H2,1H3. The number of thiophene rings is 1. The van der Waals surface area contributed by atoms with Gasteiger partial charge in [-0.1, -0.05) is 0 Å². The van der Waals surface area contributed by atoms with Crippen LogP contribution in [0.15, 0.2) is 35.0 Å². The molecule has 0 amide bonds. The summed E-state index contributed by atoms with van der Waals surface area (Å²) in [6, 6.07) is 4.35. The van der Waals surface area contributed by atoms with Crippen molar-refractivity contribution in [3.8, 4) is 0 Å². The van der Waals surface area contributed by atoms with E-state index in [1.54, 1.807) is 16.8 Å². The number of nitro groups is 1. The van der Waals surface area contributed by atoms with Crippen LogP contribution in [-0.2, 0) is 11.8 Å². The summed E-state index contributed by atoms with van der Waals surface area (Å²) in [5, 5.41) is 27.2. The third kappa shape index (κ3) is 3.99. The number of alkyl halides is 3. The molecule has 1 unspecified atom stereocenters. The highest BCUT2D eigenvalue weighted by Gasteiger charge is 2.38. The highest BCUT2D eigenvalue weighted by molar-refractivity contribution is 7.08. The predicted octanol–water partition coefficient (Wildman–Crippen LogP) is 3.99. The first-order valence-corrected chi connectivity index (χ1v) is 7.40. The smallest absolute Gasteiger partial charge is 0.384 e. The van der Waals surface area contributed by atoms with Crippen LogP contribution >= 0.6 is 11.3 Å². The maximum absolute atomic E-state index is 12.9. The van der Waals surface area contributed by atoms with Crippen molar-refractivity contribution >= 4 is 22.7 Å². The normalized spacial score (nSPS) is 14.3. The van der Waals surface area contributed by atoms with Crippen LogP contribution in [-0.4, -0.2) is 16.6 Å². The van der Waals surface area contributed by atoms with E-state index in [4.69, 9.17) is 0 Å². The summed E-state index contributed by atoms with van der Waals surface area (Å²) in [5.74, 6) is 0. The van der Waals surface area contributed by atoms with E-state index in [1.165, 1.54) is 24.3 Å². The van der Waals surface area contributed by atoms with E-state index in [1.807, 2.05) is 0 Å². The third-order valence-electron chi connectivity index (χ3n) is 3.28. The van der Waals surface area contributed by atoms with E-state index in [9.17, 15) is 28.4 Å². The summed E-state index contributed by atoms with van der Waals surface area (Å²) in [6.07, 6.45) is -4.84. The van der Waals surface area contributed by atoms with Crippen molar-refractivity contribution in [2.75, 3.05) is 11.9 Å². The van der Waals surface area contributed by atoms with Crippen LogP contribution < -0.4 is 5.32 Å². The lowest BCUT2D eigenvalue weighted by Crippen LogP contribution is -2.30. The maximum atomic E-state index is 12.9. The molecule has 5 nitrogen and oxygen atoms in total. The second-order valence-corrected chi connectivity index (χ2v) is 5.91. The topological polar surface area (TPSA) is 75.4 Å². The van der Waals surface area contributed by atoms with Crippen molar-refractivity contribution in [2.24, 2.45) is 0 Å². The van der Waals surface area contributed by atoms with Crippen LogP contribution in [0.5, 0.6) is 0 Å². The largest absolute Gasteiger partial charge is 0.423 e. The van der Waals surface area contributed by atoms with Crippen LogP contribution in [0.3, 0.4) is 0 Å². The fourth-order valence-electron chi connectivity index (χ4n) is 1.98. The summed E-state index contributed by atoms with van der Waals surface area (Å²) in [7, 11) is 0. The van der Waals surface area contributed by atoms with Crippen molar-refractivity contribution < 1.29 is 23.2 Å². The Balaban J connectivity index is 2.23. The Hall–Kier alpha value is -2.13. The minimum atomic E-state index is -4.84. The lowest BCUT2D eigenvalue weighted by atomic mass is 9.99. The van der Waals surface area contributed by atoms with Gasteiger partial charge in [-0.3, -0.25) is 10.1 Å². The molecule has 9 heteroatoms. The minimum absolute atomic E-state index is 0.0402. The number of benzene rings is 1. The number of nitrogens with one attached hydrogen (secondary N) is 1. The van der Waals surface area contributed by atoms with Gasteiger partial charge in [0, 0.05) is 18.3 Å². The van der Waals surface area contributed by atoms with E-state index >= 15 is 0 Å². The molecule has 0 radical (unpaired) electrons. The van der Waals surface area contributed by atoms with Crippen molar-refractivity contribution in [2.45, 2.75) is 18.7 Å². The van der Waals surface area contributed by atoms with E-state index in [-0.39, 0.29) is 12.2 Å². The third-order valence-corrected chi connectivity index (χ3v) is 3.96. The Labute approximate surface area is 133 Å². The first-order chi connectivity index (χ1) is 10.6. The number of nitrogens with zero attached hydrogens (tertiary/aromatic N) is 1. The molecule has 0 spiro atoms. The molecule has 0 aliphatic carbocycles. The zero-order valence-corrected chi connectivity index (χ0v) is 12.7. The molecule has 0 bridgehead atoms. The molecule has 0 saturated carbocycles.